The molecule has 0 atom stereocenters. The molecule has 0 bridgehead atoms. The highest BCUT2D eigenvalue weighted by Crippen LogP contribution is 2.41. The first-order valence-corrected chi connectivity index (χ1v) is 10.5. The summed E-state index contributed by atoms with van der Waals surface area (Å²) in [6, 6.07) is 10.2. The Morgan fingerprint density at radius 2 is 1.88 bits per heavy atom. The lowest BCUT2D eigenvalue weighted by molar-refractivity contribution is -0.116. The zero-order valence-corrected chi connectivity index (χ0v) is 17.5. The first kappa shape index (κ1) is 18.9. The molecular formula is C19H21BrN2O3S. The number of rotatable bonds is 3. The maximum absolute atomic E-state index is 12.8. The third-order valence-corrected chi connectivity index (χ3v) is 6.91. The van der Waals surface area contributed by atoms with Gasteiger partial charge in [-0.05, 0) is 54.4 Å². The van der Waals surface area contributed by atoms with Crippen LogP contribution in [0, 0.1) is 6.92 Å². The quantitative estimate of drug-likeness (QED) is 0.783. The Morgan fingerprint density at radius 1 is 1.19 bits per heavy atom. The van der Waals surface area contributed by atoms with Crippen molar-refractivity contribution < 1.29 is 13.2 Å². The largest absolute Gasteiger partial charge is 0.311 e. The van der Waals surface area contributed by atoms with E-state index in [0.717, 1.165) is 21.3 Å². The SMILES string of the molecule is CC(=O)N1CC(C)(C)c2cc(S(=O)(=O)Nc3ccc(Br)c(C)c3)ccc21. The second-order valence-electron chi connectivity index (χ2n) is 7.24. The molecule has 3 rings (SSSR count). The Morgan fingerprint density at radius 3 is 2.50 bits per heavy atom. The number of anilines is 2. The number of carbonyl (C=O) groups is 1. The summed E-state index contributed by atoms with van der Waals surface area (Å²) in [5.41, 5.74) is 2.79. The van der Waals surface area contributed by atoms with Crippen molar-refractivity contribution in [3.63, 3.8) is 0 Å². The van der Waals surface area contributed by atoms with Crippen molar-refractivity contribution in [3.8, 4) is 0 Å². The van der Waals surface area contributed by atoms with E-state index in [2.05, 4.69) is 20.7 Å². The van der Waals surface area contributed by atoms with Gasteiger partial charge in [0, 0.05) is 34.7 Å². The third kappa shape index (κ3) is 3.38. The van der Waals surface area contributed by atoms with Crippen LogP contribution in [0.3, 0.4) is 0 Å². The van der Waals surface area contributed by atoms with Gasteiger partial charge in [-0.3, -0.25) is 9.52 Å². The van der Waals surface area contributed by atoms with E-state index in [1.54, 1.807) is 35.2 Å². The van der Waals surface area contributed by atoms with E-state index >= 15 is 0 Å². The molecule has 2 aromatic rings. The first-order valence-electron chi connectivity index (χ1n) is 8.23. The minimum absolute atomic E-state index is 0.0455. The molecule has 0 spiro atoms. The standard InChI is InChI=1S/C19H21BrN2O3S/c1-12-9-14(5-7-17(12)20)21-26(24,25)15-6-8-18-16(10-15)19(3,4)11-22(18)13(2)23/h5-10,21H,11H2,1-4H3. The van der Waals surface area contributed by atoms with Crippen molar-refractivity contribution in [2.24, 2.45) is 0 Å². The summed E-state index contributed by atoms with van der Waals surface area (Å²) in [6.45, 7) is 7.98. The molecule has 0 radical (unpaired) electrons. The van der Waals surface area contributed by atoms with Crippen LogP contribution < -0.4 is 9.62 Å². The zero-order chi connectivity index (χ0) is 19.3. The average molecular weight is 437 g/mol. The molecule has 0 saturated carbocycles. The molecule has 0 fully saturated rings. The fraction of sp³-hybridized carbons (Fsp3) is 0.316. The molecule has 1 heterocycles. The molecule has 1 amide bonds. The Kier molecular flexibility index (Phi) is 4.65. The van der Waals surface area contributed by atoms with Crippen LogP contribution in [0.25, 0.3) is 0 Å². The van der Waals surface area contributed by atoms with Crippen molar-refractivity contribution in [2.75, 3.05) is 16.2 Å². The van der Waals surface area contributed by atoms with Crippen molar-refractivity contribution in [2.45, 2.75) is 38.0 Å². The van der Waals surface area contributed by atoms with Gasteiger partial charge in [-0.2, -0.15) is 0 Å². The molecule has 0 saturated heterocycles. The predicted octanol–water partition coefficient (Wildman–Crippen LogP) is 4.20. The topological polar surface area (TPSA) is 66.5 Å². The molecule has 7 heteroatoms. The normalized spacial score (nSPS) is 15.7. The van der Waals surface area contributed by atoms with Crippen molar-refractivity contribution >= 4 is 43.2 Å². The number of sulfonamides is 1. The van der Waals surface area contributed by atoms with Gasteiger partial charge in [0.1, 0.15) is 0 Å². The molecule has 5 nitrogen and oxygen atoms in total. The lowest BCUT2D eigenvalue weighted by Gasteiger charge is -2.19. The number of carbonyl (C=O) groups excluding carboxylic acids is 1. The summed E-state index contributed by atoms with van der Waals surface area (Å²) in [4.78, 5) is 13.8. The Balaban J connectivity index is 1.99. The number of nitrogens with one attached hydrogen (secondary N) is 1. The highest BCUT2D eigenvalue weighted by molar-refractivity contribution is 9.10. The molecule has 26 heavy (non-hydrogen) atoms. The van der Waals surface area contributed by atoms with Crippen LogP contribution in [0.1, 0.15) is 31.9 Å². The summed E-state index contributed by atoms with van der Waals surface area (Å²) in [5.74, 6) is -0.0455. The van der Waals surface area contributed by atoms with Gasteiger partial charge in [-0.25, -0.2) is 8.42 Å². The maximum Gasteiger partial charge on any atom is 0.261 e. The summed E-state index contributed by atoms with van der Waals surface area (Å²) < 4.78 is 29.2. The van der Waals surface area contributed by atoms with Crippen molar-refractivity contribution in [3.05, 3.63) is 52.0 Å². The monoisotopic (exact) mass is 436 g/mol. The first-order chi connectivity index (χ1) is 12.0. The van der Waals surface area contributed by atoms with Crippen molar-refractivity contribution in [1.29, 1.82) is 0 Å². The van der Waals surface area contributed by atoms with E-state index in [-0.39, 0.29) is 16.2 Å². The number of benzene rings is 2. The predicted molar refractivity (Wildman–Crippen MR) is 107 cm³/mol. The van der Waals surface area contributed by atoms with E-state index in [1.807, 2.05) is 26.8 Å². The number of hydrogen-bond donors (Lipinski definition) is 1. The smallest absolute Gasteiger partial charge is 0.261 e. The fourth-order valence-corrected chi connectivity index (χ4v) is 4.55. The van der Waals surface area contributed by atoms with Crippen LogP contribution in [0.5, 0.6) is 0 Å². The highest BCUT2D eigenvalue weighted by atomic mass is 79.9. The van der Waals surface area contributed by atoms with Crippen LogP contribution in [0.15, 0.2) is 45.8 Å². The zero-order valence-electron chi connectivity index (χ0n) is 15.1. The Hall–Kier alpha value is -1.86. The van der Waals surface area contributed by atoms with Crippen LogP contribution in [-0.4, -0.2) is 20.9 Å². The summed E-state index contributed by atoms with van der Waals surface area (Å²) >= 11 is 3.41. The number of amides is 1. The van der Waals surface area contributed by atoms with E-state index in [9.17, 15) is 13.2 Å². The number of fused-ring (bicyclic) bond motifs is 1. The average Bonchev–Trinajstić information content (AvgIpc) is 2.82. The van der Waals surface area contributed by atoms with E-state index in [1.165, 1.54) is 6.92 Å². The fourth-order valence-electron chi connectivity index (χ4n) is 3.23. The molecule has 1 aliphatic rings. The summed E-state index contributed by atoms with van der Waals surface area (Å²) in [5, 5.41) is 0. The maximum atomic E-state index is 12.8. The van der Waals surface area contributed by atoms with Crippen molar-refractivity contribution in [1.82, 2.24) is 0 Å². The number of halogens is 1. The van der Waals surface area contributed by atoms with Gasteiger partial charge in [0.2, 0.25) is 5.91 Å². The molecular weight excluding hydrogens is 416 g/mol. The molecule has 1 aliphatic heterocycles. The van der Waals surface area contributed by atoms with Gasteiger partial charge in [0.15, 0.2) is 0 Å². The molecule has 0 unspecified atom stereocenters. The molecule has 0 aliphatic carbocycles. The molecule has 138 valence electrons. The van der Waals surface area contributed by atoms with E-state index in [0.29, 0.717) is 12.2 Å². The van der Waals surface area contributed by atoms with Gasteiger partial charge < -0.3 is 4.90 Å². The minimum atomic E-state index is -3.72. The van der Waals surface area contributed by atoms with Gasteiger partial charge in [0.25, 0.3) is 10.0 Å². The number of aryl methyl sites for hydroxylation is 1. The second-order valence-corrected chi connectivity index (χ2v) is 9.77. The Bertz CT molecular complexity index is 1000. The second kappa shape index (κ2) is 6.39. The van der Waals surface area contributed by atoms with Crippen LogP contribution in [0.4, 0.5) is 11.4 Å². The van der Waals surface area contributed by atoms with Crippen LogP contribution in [-0.2, 0) is 20.2 Å². The minimum Gasteiger partial charge on any atom is -0.311 e. The van der Waals surface area contributed by atoms with Gasteiger partial charge in [0.05, 0.1) is 4.90 Å². The van der Waals surface area contributed by atoms with Gasteiger partial charge in [-0.15, -0.1) is 0 Å². The van der Waals surface area contributed by atoms with E-state index in [4.69, 9.17) is 0 Å². The number of hydrogen-bond acceptors (Lipinski definition) is 3. The van der Waals surface area contributed by atoms with Gasteiger partial charge in [-0.1, -0.05) is 29.8 Å². The number of nitrogens with zero attached hydrogens (tertiary/aromatic N) is 1. The van der Waals surface area contributed by atoms with Crippen LogP contribution in [0.2, 0.25) is 0 Å². The summed E-state index contributed by atoms with van der Waals surface area (Å²) in [7, 11) is -3.72. The van der Waals surface area contributed by atoms with Crippen LogP contribution >= 0.6 is 15.9 Å². The lowest BCUT2D eigenvalue weighted by atomic mass is 9.87. The Labute approximate surface area is 162 Å². The van der Waals surface area contributed by atoms with E-state index < -0.39 is 10.0 Å². The third-order valence-electron chi connectivity index (χ3n) is 4.64. The van der Waals surface area contributed by atoms with Gasteiger partial charge >= 0.3 is 0 Å². The molecule has 1 N–H and O–H groups in total. The molecule has 0 aromatic heterocycles. The summed E-state index contributed by atoms with van der Waals surface area (Å²) in [6.07, 6.45) is 0. The molecule has 2 aromatic carbocycles. The highest BCUT2D eigenvalue weighted by Gasteiger charge is 2.37. The lowest BCUT2D eigenvalue weighted by Crippen LogP contribution is -2.31.